The lowest BCUT2D eigenvalue weighted by Crippen LogP contribution is -2.38. The lowest BCUT2D eigenvalue weighted by molar-refractivity contribution is 0.0691. The number of nitrogens with zero attached hydrogens (tertiary/aromatic N) is 3. The molecule has 20 heavy (non-hydrogen) atoms. The fourth-order valence-corrected chi connectivity index (χ4v) is 2.42. The first-order valence-corrected chi connectivity index (χ1v) is 7.37. The van der Waals surface area contributed by atoms with E-state index in [1.807, 2.05) is 25.7 Å². The predicted octanol–water partition coefficient (Wildman–Crippen LogP) is 2.48. The number of likely N-dealkylation sites (tertiary alicyclic amines) is 1. The van der Waals surface area contributed by atoms with E-state index in [1.54, 1.807) is 6.07 Å². The zero-order valence-corrected chi connectivity index (χ0v) is 12.8. The van der Waals surface area contributed by atoms with Gasteiger partial charge in [0, 0.05) is 25.2 Å². The highest BCUT2D eigenvalue weighted by atomic mass is 16.2. The zero-order chi connectivity index (χ0) is 14.7. The van der Waals surface area contributed by atoms with Crippen LogP contribution in [0, 0.1) is 12.8 Å². The molecule has 0 radical (unpaired) electrons. The third-order valence-corrected chi connectivity index (χ3v) is 3.56. The Balaban J connectivity index is 2.14. The first-order valence-electron chi connectivity index (χ1n) is 7.37. The van der Waals surface area contributed by atoms with Crippen molar-refractivity contribution < 1.29 is 4.79 Å². The minimum atomic E-state index is 0.0224. The minimum Gasteiger partial charge on any atom is -0.368 e. The van der Waals surface area contributed by atoms with Crippen LogP contribution in [0.2, 0.25) is 0 Å². The van der Waals surface area contributed by atoms with Crippen LogP contribution in [0.3, 0.4) is 0 Å². The largest absolute Gasteiger partial charge is 0.368 e. The normalized spacial score (nSPS) is 16.6. The molecule has 0 unspecified atom stereocenters. The second-order valence-electron chi connectivity index (χ2n) is 5.96. The van der Waals surface area contributed by atoms with Crippen molar-refractivity contribution >= 4 is 11.7 Å². The number of carbonyl (C=O) groups is 1. The Kier molecular flexibility index (Phi) is 4.57. The molecule has 1 aliphatic rings. The molecule has 1 aromatic heterocycles. The Hall–Kier alpha value is -1.65. The molecule has 0 atom stereocenters. The molecule has 1 amide bonds. The highest BCUT2D eigenvalue weighted by Gasteiger charge is 2.23. The molecule has 110 valence electrons. The maximum Gasteiger partial charge on any atom is 0.272 e. The highest BCUT2D eigenvalue weighted by molar-refractivity contribution is 5.93. The molecule has 0 saturated carbocycles. The number of aryl methyl sites for hydroxylation is 1. The van der Waals surface area contributed by atoms with Crippen molar-refractivity contribution in [1.29, 1.82) is 0 Å². The van der Waals surface area contributed by atoms with Gasteiger partial charge in [-0.1, -0.05) is 6.92 Å². The van der Waals surface area contributed by atoms with E-state index < -0.39 is 0 Å². The third kappa shape index (κ3) is 3.68. The number of carbonyl (C=O) groups excluding carboxylic acids is 1. The number of rotatable bonds is 3. The van der Waals surface area contributed by atoms with Crippen molar-refractivity contribution in [2.75, 3.05) is 18.4 Å². The Morgan fingerprint density at radius 1 is 1.35 bits per heavy atom. The topological polar surface area (TPSA) is 58.1 Å². The second kappa shape index (κ2) is 6.20. The fraction of sp³-hybridized carbons (Fsp3) is 0.667. The first kappa shape index (κ1) is 14.8. The smallest absolute Gasteiger partial charge is 0.272 e. The number of nitrogens with one attached hydrogen (secondary N) is 1. The van der Waals surface area contributed by atoms with Gasteiger partial charge in [-0.15, -0.1) is 0 Å². The molecular formula is C15H24N4O. The molecule has 0 bridgehead atoms. The van der Waals surface area contributed by atoms with Crippen LogP contribution in [-0.4, -0.2) is 39.9 Å². The number of aromatic nitrogens is 2. The van der Waals surface area contributed by atoms with Gasteiger partial charge in [0.25, 0.3) is 5.91 Å². The maximum atomic E-state index is 12.5. The van der Waals surface area contributed by atoms with Crippen LogP contribution >= 0.6 is 0 Å². The molecule has 2 rings (SSSR count). The first-order chi connectivity index (χ1) is 9.45. The molecule has 5 heteroatoms. The van der Waals surface area contributed by atoms with Crippen LogP contribution in [-0.2, 0) is 0 Å². The molecule has 2 heterocycles. The van der Waals surface area contributed by atoms with Gasteiger partial charge in [0.15, 0.2) is 0 Å². The Labute approximate surface area is 120 Å². The summed E-state index contributed by atoms with van der Waals surface area (Å²) in [7, 11) is 0. The van der Waals surface area contributed by atoms with Gasteiger partial charge in [-0.3, -0.25) is 4.79 Å². The summed E-state index contributed by atoms with van der Waals surface area (Å²) in [6.45, 7) is 9.81. The summed E-state index contributed by atoms with van der Waals surface area (Å²) < 4.78 is 0. The number of anilines is 1. The lowest BCUT2D eigenvalue weighted by atomic mass is 9.99. The van der Waals surface area contributed by atoms with E-state index in [1.165, 1.54) is 0 Å². The number of hydrogen-bond acceptors (Lipinski definition) is 4. The van der Waals surface area contributed by atoms with E-state index in [2.05, 4.69) is 22.2 Å². The molecule has 1 saturated heterocycles. The number of hydrogen-bond donors (Lipinski definition) is 1. The number of amides is 1. The Morgan fingerprint density at radius 2 is 2.00 bits per heavy atom. The average molecular weight is 276 g/mol. The van der Waals surface area contributed by atoms with Gasteiger partial charge >= 0.3 is 0 Å². The van der Waals surface area contributed by atoms with E-state index in [9.17, 15) is 4.79 Å². The zero-order valence-electron chi connectivity index (χ0n) is 12.8. The van der Waals surface area contributed by atoms with Gasteiger partial charge in [0.1, 0.15) is 17.3 Å². The van der Waals surface area contributed by atoms with Gasteiger partial charge < -0.3 is 10.2 Å². The van der Waals surface area contributed by atoms with E-state index in [0.29, 0.717) is 17.4 Å². The highest BCUT2D eigenvalue weighted by Crippen LogP contribution is 2.18. The standard InChI is InChI=1S/C15H24N4O/c1-10(2)16-14-9-13(17-12(4)18-14)15(20)19-7-5-11(3)6-8-19/h9-11H,5-8H2,1-4H3,(H,16,17,18). The molecule has 0 aliphatic carbocycles. The molecule has 1 N–H and O–H groups in total. The summed E-state index contributed by atoms with van der Waals surface area (Å²) in [6, 6.07) is 2.04. The molecule has 0 spiro atoms. The van der Waals surface area contributed by atoms with Crippen LogP contribution in [0.4, 0.5) is 5.82 Å². The molecule has 1 fully saturated rings. The maximum absolute atomic E-state index is 12.5. The lowest BCUT2D eigenvalue weighted by Gasteiger charge is -2.30. The van der Waals surface area contributed by atoms with Gasteiger partial charge in [0.2, 0.25) is 0 Å². The van der Waals surface area contributed by atoms with Crippen LogP contribution < -0.4 is 5.32 Å². The van der Waals surface area contributed by atoms with Gasteiger partial charge in [0.05, 0.1) is 0 Å². The minimum absolute atomic E-state index is 0.0224. The van der Waals surface area contributed by atoms with E-state index in [0.717, 1.165) is 31.7 Å². The van der Waals surface area contributed by atoms with Crippen LogP contribution in [0.15, 0.2) is 6.07 Å². The molecular weight excluding hydrogens is 252 g/mol. The summed E-state index contributed by atoms with van der Waals surface area (Å²) >= 11 is 0. The Bertz CT molecular complexity index is 479. The van der Waals surface area contributed by atoms with Crippen molar-refractivity contribution in [3.05, 3.63) is 17.6 Å². The monoisotopic (exact) mass is 276 g/mol. The summed E-state index contributed by atoms with van der Waals surface area (Å²) in [5.74, 6) is 2.09. The van der Waals surface area contributed by atoms with Gasteiger partial charge in [-0.05, 0) is 39.5 Å². The van der Waals surface area contributed by atoms with Crippen LogP contribution in [0.1, 0.15) is 49.9 Å². The molecule has 5 nitrogen and oxygen atoms in total. The van der Waals surface area contributed by atoms with Crippen molar-refractivity contribution in [3.8, 4) is 0 Å². The van der Waals surface area contributed by atoms with Crippen molar-refractivity contribution in [2.45, 2.75) is 46.6 Å². The van der Waals surface area contributed by atoms with Gasteiger partial charge in [-0.2, -0.15) is 0 Å². The third-order valence-electron chi connectivity index (χ3n) is 3.56. The Morgan fingerprint density at radius 3 is 2.60 bits per heavy atom. The quantitative estimate of drug-likeness (QED) is 0.921. The average Bonchev–Trinajstić information content (AvgIpc) is 2.37. The molecule has 1 aliphatic heterocycles. The fourth-order valence-electron chi connectivity index (χ4n) is 2.42. The predicted molar refractivity (Wildman–Crippen MR) is 79.8 cm³/mol. The van der Waals surface area contributed by atoms with Gasteiger partial charge in [-0.25, -0.2) is 9.97 Å². The summed E-state index contributed by atoms with van der Waals surface area (Å²) in [5.41, 5.74) is 0.496. The van der Waals surface area contributed by atoms with E-state index in [4.69, 9.17) is 0 Å². The van der Waals surface area contributed by atoms with Crippen molar-refractivity contribution in [1.82, 2.24) is 14.9 Å². The molecule has 0 aromatic carbocycles. The number of piperidine rings is 1. The van der Waals surface area contributed by atoms with E-state index >= 15 is 0 Å². The summed E-state index contributed by atoms with van der Waals surface area (Å²) in [5, 5.41) is 3.23. The van der Waals surface area contributed by atoms with Crippen LogP contribution in [0.25, 0.3) is 0 Å². The summed E-state index contributed by atoms with van der Waals surface area (Å²) in [6.07, 6.45) is 2.15. The molecule has 1 aromatic rings. The SMILES string of the molecule is Cc1nc(NC(C)C)cc(C(=O)N2CCC(C)CC2)n1. The second-order valence-corrected chi connectivity index (χ2v) is 5.96. The van der Waals surface area contributed by atoms with Crippen molar-refractivity contribution in [3.63, 3.8) is 0 Å². The summed E-state index contributed by atoms with van der Waals surface area (Å²) in [4.78, 5) is 23.0. The van der Waals surface area contributed by atoms with Crippen LogP contribution in [0.5, 0.6) is 0 Å². The van der Waals surface area contributed by atoms with E-state index in [-0.39, 0.29) is 11.9 Å². The van der Waals surface area contributed by atoms with Crippen molar-refractivity contribution in [2.24, 2.45) is 5.92 Å².